The molecule has 2 fully saturated rings. The minimum absolute atomic E-state index is 0.237. The van der Waals surface area contributed by atoms with E-state index < -0.39 is 0 Å². The van der Waals surface area contributed by atoms with Crippen molar-refractivity contribution in [2.75, 3.05) is 24.6 Å². The van der Waals surface area contributed by atoms with E-state index in [1.807, 2.05) is 4.90 Å². The quantitative estimate of drug-likeness (QED) is 0.763. The van der Waals surface area contributed by atoms with Crippen molar-refractivity contribution in [1.29, 1.82) is 0 Å². The molecule has 1 aliphatic heterocycles. The first-order valence-corrected chi connectivity index (χ1v) is 5.81. The second kappa shape index (κ2) is 4.01. The molecular formula is C12H15FN2O. The highest BCUT2D eigenvalue weighted by molar-refractivity contribution is 5.40. The molecule has 0 radical (unpaired) electrons. The summed E-state index contributed by atoms with van der Waals surface area (Å²) >= 11 is 0. The number of ether oxygens (including phenoxy) is 1. The first-order chi connectivity index (χ1) is 7.84. The first kappa shape index (κ1) is 10.0. The van der Waals surface area contributed by atoms with Crippen LogP contribution in [0.5, 0.6) is 0 Å². The maximum atomic E-state index is 13.6. The Morgan fingerprint density at radius 3 is 3.06 bits per heavy atom. The highest BCUT2D eigenvalue weighted by atomic mass is 19.1. The van der Waals surface area contributed by atoms with E-state index in [4.69, 9.17) is 4.74 Å². The zero-order chi connectivity index (χ0) is 11.0. The van der Waals surface area contributed by atoms with Gasteiger partial charge in [0, 0.05) is 19.3 Å². The summed E-state index contributed by atoms with van der Waals surface area (Å²) in [4.78, 5) is 6.11. The third-order valence-electron chi connectivity index (χ3n) is 3.28. The molecule has 3 rings (SSSR count). The average molecular weight is 222 g/mol. The number of pyridine rings is 1. The van der Waals surface area contributed by atoms with Gasteiger partial charge in [0.25, 0.3) is 0 Å². The Kier molecular flexibility index (Phi) is 2.52. The van der Waals surface area contributed by atoms with Gasteiger partial charge in [-0.15, -0.1) is 0 Å². The Bertz CT molecular complexity index is 381. The van der Waals surface area contributed by atoms with Gasteiger partial charge in [-0.2, -0.15) is 0 Å². The van der Waals surface area contributed by atoms with Crippen LogP contribution in [0.4, 0.5) is 10.2 Å². The van der Waals surface area contributed by atoms with Crippen molar-refractivity contribution in [2.24, 2.45) is 5.92 Å². The van der Waals surface area contributed by atoms with Crippen LogP contribution in [0.1, 0.15) is 12.8 Å². The average Bonchev–Trinajstić information content (AvgIpc) is 3.14. The molecule has 2 aliphatic rings. The largest absolute Gasteiger partial charge is 0.374 e. The lowest BCUT2D eigenvalue weighted by Crippen LogP contribution is -2.44. The van der Waals surface area contributed by atoms with Crippen LogP contribution in [-0.4, -0.2) is 30.8 Å². The van der Waals surface area contributed by atoms with Crippen LogP contribution < -0.4 is 4.90 Å². The second-order valence-electron chi connectivity index (χ2n) is 4.50. The molecule has 0 aromatic carbocycles. The summed E-state index contributed by atoms with van der Waals surface area (Å²) < 4.78 is 19.3. The summed E-state index contributed by atoms with van der Waals surface area (Å²) in [6.07, 6.45) is 4.42. The molecule has 1 saturated carbocycles. The second-order valence-corrected chi connectivity index (χ2v) is 4.50. The molecule has 4 heteroatoms. The van der Waals surface area contributed by atoms with Gasteiger partial charge in [0.1, 0.15) is 0 Å². The molecule has 86 valence electrons. The number of hydrogen-bond acceptors (Lipinski definition) is 3. The van der Waals surface area contributed by atoms with E-state index in [1.54, 1.807) is 12.3 Å². The van der Waals surface area contributed by atoms with Gasteiger partial charge in [0.15, 0.2) is 11.6 Å². The van der Waals surface area contributed by atoms with Gasteiger partial charge in [-0.3, -0.25) is 0 Å². The number of anilines is 1. The molecule has 16 heavy (non-hydrogen) atoms. The van der Waals surface area contributed by atoms with E-state index in [1.165, 1.54) is 18.9 Å². The van der Waals surface area contributed by atoms with Gasteiger partial charge in [-0.05, 0) is 30.9 Å². The van der Waals surface area contributed by atoms with Crippen LogP contribution in [0.3, 0.4) is 0 Å². The van der Waals surface area contributed by atoms with E-state index in [-0.39, 0.29) is 11.9 Å². The Labute approximate surface area is 94.2 Å². The summed E-state index contributed by atoms with van der Waals surface area (Å²) in [5.74, 6) is 0.921. The fourth-order valence-corrected chi connectivity index (χ4v) is 2.23. The topological polar surface area (TPSA) is 25.4 Å². The molecule has 1 aromatic rings. The maximum absolute atomic E-state index is 13.6. The Balaban J connectivity index is 1.76. The molecule has 0 bridgehead atoms. The third-order valence-corrected chi connectivity index (χ3v) is 3.28. The van der Waals surface area contributed by atoms with E-state index >= 15 is 0 Å². The molecule has 2 heterocycles. The first-order valence-electron chi connectivity index (χ1n) is 5.81. The van der Waals surface area contributed by atoms with E-state index in [9.17, 15) is 4.39 Å². The lowest BCUT2D eigenvalue weighted by atomic mass is 10.2. The Morgan fingerprint density at radius 2 is 2.31 bits per heavy atom. The van der Waals surface area contributed by atoms with Gasteiger partial charge in [0.05, 0.1) is 12.7 Å². The highest BCUT2D eigenvalue weighted by Gasteiger charge is 2.35. The summed E-state index contributed by atoms with van der Waals surface area (Å²) in [5, 5.41) is 0. The minimum atomic E-state index is -0.237. The third kappa shape index (κ3) is 1.89. The van der Waals surface area contributed by atoms with Crippen molar-refractivity contribution in [2.45, 2.75) is 18.9 Å². The van der Waals surface area contributed by atoms with Crippen molar-refractivity contribution >= 4 is 5.82 Å². The lowest BCUT2D eigenvalue weighted by molar-refractivity contribution is 0.0259. The van der Waals surface area contributed by atoms with Crippen molar-refractivity contribution in [3.05, 3.63) is 24.1 Å². The number of hydrogen-bond donors (Lipinski definition) is 0. The number of halogens is 1. The van der Waals surface area contributed by atoms with E-state index in [0.29, 0.717) is 18.3 Å². The zero-order valence-corrected chi connectivity index (χ0v) is 9.10. The molecule has 1 aromatic heterocycles. The molecule has 0 spiro atoms. The standard InChI is InChI=1S/C12H15FN2O/c13-10-2-1-5-14-12(10)15-6-7-16-11(8-15)9-3-4-9/h1-2,5,9,11H,3-4,6-8H2/t11-/m1/s1. The van der Waals surface area contributed by atoms with Gasteiger partial charge < -0.3 is 9.64 Å². The van der Waals surface area contributed by atoms with Crippen LogP contribution in [0, 0.1) is 11.7 Å². The Morgan fingerprint density at radius 1 is 1.44 bits per heavy atom. The summed E-state index contributed by atoms with van der Waals surface area (Å²) in [6, 6.07) is 3.08. The van der Waals surface area contributed by atoms with Crippen molar-refractivity contribution < 1.29 is 9.13 Å². The molecule has 3 nitrogen and oxygen atoms in total. The zero-order valence-electron chi connectivity index (χ0n) is 9.10. The molecule has 0 N–H and O–H groups in total. The monoisotopic (exact) mass is 222 g/mol. The van der Waals surface area contributed by atoms with E-state index in [0.717, 1.165) is 13.1 Å². The number of nitrogens with zero attached hydrogens (tertiary/aromatic N) is 2. The van der Waals surface area contributed by atoms with Crippen LogP contribution in [0.15, 0.2) is 18.3 Å². The van der Waals surface area contributed by atoms with Crippen molar-refractivity contribution in [1.82, 2.24) is 4.98 Å². The SMILES string of the molecule is Fc1cccnc1N1CCO[C@@H](C2CC2)C1. The van der Waals surface area contributed by atoms with Crippen LogP contribution >= 0.6 is 0 Å². The van der Waals surface area contributed by atoms with Crippen LogP contribution in [0.2, 0.25) is 0 Å². The fraction of sp³-hybridized carbons (Fsp3) is 0.583. The van der Waals surface area contributed by atoms with Gasteiger partial charge in [-0.1, -0.05) is 0 Å². The molecule has 0 unspecified atom stereocenters. The fourth-order valence-electron chi connectivity index (χ4n) is 2.23. The molecule has 1 atom stereocenters. The summed E-state index contributed by atoms with van der Waals surface area (Å²) in [5.41, 5.74) is 0. The highest BCUT2D eigenvalue weighted by Crippen LogP contribution is 2.36. The molecular weight excluding hydrogens is 207 g/mol. The van der Waals surface area contributed by atoms with Gasteiger partial charge in [-0.25, -0.2) is 9.37 Å². The number of morpholine rings is 1. The summed E-state index contributed by atoms with van der Waals surface area (Å²) in [6.45, 7) is 2.19. The minimum Gasteiger partial charge on any atom is -0.374 e. The van der Waals surface area contributed by atoms with Crippen LogP contribution in [0.25, 0.3) is 0 Å². The molecule has 0 amide bonds. The molecule has 1 saturated heterocycles. The van der Waals surface area contributed by atoms with Crippen LogP contribution in [-0.2, 0) is 4.74 Å². The van der Waals surface area contributed by atoms with E-state index in [2.05, 4.69) is 4.98 Å². The van der Waals surface area contributed by atoms with Crippen molar-refractivity contribution in [3.63, 3.8) is 0 Å². The normalized spacial score (nSPS) is 25.8. The lowest BCUT2D eigenvalue weighted by Gasteiger charge is -2.33. The molecule has 1 aliphatic carbocycles. The van der Waals surface area contributed by atoms with Gasteiger partial charge >= 0.3 is 0 Å². The summed E-state index contributed by atoms with van der Waals surface area (Å²) in [7, 11) is 0. The number of rotatable bonds is 2. The maximum Gasteiger partial charge on any atom is 0.165 e. The predicted molar refractivity (Wildman–Crippen MR) is 58.9 cm³/mol. The van der Waals surface area contributed by atoms with Crippen molar-refractivity contribution in [3.8, 4) is 0 Å². The predicted octanol–water partition coefficient (Wildman–Crippen LogP) is 1.84. The smallest absolute Gasteiger partial charge is 0.165 e. The Hall–Kier alpha value is -1.16. The van der Waals surface area contributed by atoms with Gasteiger partial charge in [0.2, 0.25) is 0 Å². The number of aromatic nitrogens is 1.